The number of nitrogens with one attached hydrogen (secondary N) is 2. The van der Waals surface area contributed by atoms with Gasteiger partial charge in [-0.1, -0.05) is 6.92 Å². The van der Waals surface area contributed by atoms with Crippen LogP contribution in [0.4, 0.5) is 0 Å². The van der Waals surface area contributed by atoms with Crippen molar-refractivity contribution in [2.24, 2.45) is 0 Å². The Bertz CT molecular complexity index is 624. The number of aromatic amines is 1. The topological polar surface area (TPSA) is 101 Å². The number of nitrogens with zero attached hydrogens (tertiary/aromatic N) is 3. The highest BCUT2D eigenvalue weighted by Crippen LogP contribution is 2.12. The van der Waals surface area contributed by atoms with Crippen LogP contribution in [0.15, 0.2) is 24.5 Å². The van der Waals surface area contributed by atoms with Gasteiger partial charge in [-0.3, -0.25) is 10.1 Å². The van der Waals surface area contributed by atoms with Crippen LogP contribution in [0, 0.1) is 0 Å². The van der Waals surface area contributed by atoms with Crippen molar-refractivity contribution in [3.05, 3.63) is 30.4 Å². The summed E-state index contributed by atoms with van der Waals surface area (Å²) in [6, 6.07) is 3.57. The van der Waals surface area contributed by atoms with E-state index in [0.717, 1.165) is 5.56 Å². The fourth-order valence-electron chi connectivity index (χ4n) is 1.52. The predicted octanol–water partition coefficient (Wildman–Crippen LogP) is 0.696. The average molecular weight is 281 g/mol. The summed E-state index contributed by atoms with van der Waals surface area (Å²) in [5, 5.41) is 6.74. The molecule has 0 bridgehead atoms. The molecule has 0 aromatic carbocycles. The molecule has 0 spiro atoms. The van der Waals surface area contributed by atoms with E-state index in [9.17, 15) is 8.42 Å². The normalized spacial score (nSPS) is 11.6. The Balaban J connectivity index is 2.03. The van der Waals surface area contributed by atoms with Crippen LogP contribution in [0.2, 0.25) is 0 Å². The number of pyridine rings is 1. The van der Waals surface area contributed by atoms with Crippen molar-refractivity contribution in [2.75, 3.05) is 5.75 Å². The molecule has 0 unspecified atom stereocenters. The first kappa shape index (κ1) is 13.6. The third kappa shape index (κ3) is 3.83. The second-order valence-corrected chi connectivity index (χ2v) is 5.91. The lowest BCUT2D eigenvalue weighted by Crippen LogP contribution is -2.26. The van der Waals surface area contributed by atoms with Gasteiger partial charge in [0.15, 0.2) is 5.82 Å². The molecule has 0 radical (unpaired) electrons. The van der Waals surface area contributed by atoms with E-state index in [0.29, 0.717) is 18.1 Å². The van der Waals surface area contributed by atoms with Crippen LogP contribution in [0.5, 0.6) is 0 Å². The Morgan fingerprint density at radius 2 is 2.05 bits per heavy atom. The SMILES string of the molecule is CCCS(=O)(=O)NCc1nc(-c2ccncc2)n[nH]1. The fraction of sp³-hybridized carbons (Fsp3) is 0.364. The number of hydrogen-bond acceptors (Lipinski definition) is 5. The molecule has 0 saturated carbocycles. The lowest BCUT2D eigenvalue weighted by molar-refractivity contribution is 0.578. The first-order chi connectivity index (χ1) is 9.11. The molecule has 0 aliphatic rings. The van der Waals surface area contributed by atoms with Crippen LogP contribution in [-0.4, -0.2) is 34.3 Å². The summed E-state index contributed by atoms with van der Waals surface area (Å²) in [7, 11) is -3.23. The Labute approximate surface area is 111 Å². The van der Waals surface area contributed by atoms with E-state index in [4.69, 9.17) is 0 Å². The zero-order valence-electron chi connectivity index (χ0n) is 10.5. The minimum Gasteiger partial charge on any atom is -0.265 e. The Kier molecular flexibility index (Phi) is 4.23. The molecule has 0 atom stereocenters. The molecule has 7 nitrogen and oxygen atoms in total. The van der Waals surface area contributed by atoms with Crippen molar-refractivity contribution < 1.29 is 8.42 Å². The van der Waals surface area contributed by atoms with Crippen molar-refractivity contribution in [3.63, 3.8) is 0 Å². The number of H-pyrrole nitrogens is 1. The van der Waals surface area contributed by atoms with Crippen molar-refractivity contribution in [1.29, 1.82) is 0 Å². The van der Waals surface area contributed by atoms with Crippen LogP contribution in [-0.2, 0) is 16.6 Å². The molecule has 0 saturated heterocycles. The highest BCUT2D eigenvalue weighted by atomic mass is 32.2. The summed E-state index contributed by atoms with van der Waals surface area (Å²) in [5.41, 5.74) is 0.828. The molecule has 2 rings (SSSR count). The molecular formula is C11H15N5O2S. The lowest BCUT2D eigenvalue weighted by atomic mass is 10.2. The van der Waals surface area contributed by atoms with Crippen molar-refractivity contribution >= 4 is 10.0 Å². The van der Waals surface area contributed by atoms with Crippen LogP contribution in [0.25, 0.3) is 11.4 Å². The van der Waals surface area contributed by atoms with Gasteiger partial charge < -0.3 is 0 Å². The van der Waals surface area contributed by atoms with Crippen molar-refractivity contribution in [3.8, 4) is 11.4 Å². The molecule has 8 heteroatoms. The molecule has 0 aliphatic heterocycles. The maximum atomic E-state index is 11.5. The Morgan fingerprint density at radius 3 is 2.74 bits per heavy atom. The molecule has 2 heterocycles. The molecule has 2 aromatic rings. The maximum absolute atomic E-state index is 11.5. The van der Waals surface area contributed by atoms with Crippen LogP contribution in [0.1, 0.15) is 19.2 Å². The first-order valence-corrected chi connectivity index (χ1v) is 7.55. The third-order valence-electron chi connectivity index (χ3n) is 2.40. The molecule has 0 aliphatic carbocycles. The van der Waals surface area contributed by atoms with Crippen molar-refractivity contribution in [2.45, 2.75) is 19.9 Å². The fourth-order valence-corrected chi connectivity index (χ4v) is 2.56. The highest BCUT2D eigenvalue weighted by molar-refractivity contribution is 7.89. The summed E-state index contributed by atoms with van der Waals surface area (Å²) in [4.78, 5) is 8.13. The second kappa shape index (κ2) is 5.89. The number of hydrogen-bond donors (Lipinski definition) is 2. The van der Waals surface area contributed by atoms with E-state index in [-0.39, 0.29) is 12.3 Å². The van der Waals surface area contributed by atoms with Crippen LogP contribution >= 0.6 is 0 Å². The smallest absolute Gasteiger partial charge is 0.211 e. The van der Waals surface area contributed by atoms with E-state index in [1.54, 1.807) is 24.5 Å². The number of sulfonamides is 1. The average Bonchev–Trinajstić information content (AvgIpc) is 2.86. The van der Waals surface area contributed by atoms with Gasteiger partial charge in [0, 0.05) is 18.0 Å². The molecule has 0 fully saturated rings. The molecule has 102 valence electrons. The van der Waals surface area contributed by atoms with Crippen molar-refractivity contribution in [1.82, 2.24) is 24.9 Å². The lowest BCUT2D eigenvalue weighted by Gasteiger charge is -2.02. The third-order valence-corrected chi connectivity index (χ3v) is 3.93. The zero-order chi connectivity index (χ0) is 13.7. The van der Waals surface area contributed by atoms with Gasteiger partial charge in [0.1, 0.15) is 5.82 Å². The van der Waals surface area contributed by atoms with Crippen LogP contribution < -0.4 is 4.72 Å². The summed E-state index contributed by atoms with van der Waals surface area (Å²) in [6.07, 6.45) is 3.87. The van der Waals surface area contributed by atoms with E-state index < -0.39 is 10.0 Å². The van der Waals surface area contributed by atoms with Gasteiger partial charge in [-0.05, 0) is 18.6 Å². The van der Waals surface area contributed by atoms with Crippen LogP contribution in [0.3, 0.4) is 0 Å². The highest BCUT2D eigenvalue weighted by Gasteiger charge is 2.10. The summed E-state index contributed by atoms with van der Waals surface area (Å²) in [6.45, 7) is 1.93. The van der Waals surface area contributed by atoms with E-state index >= 15 is 0 Å². The van der Waals surface area contributed by atoms with Gasteiger partial charge in [-0.2, -0.15) is 5.10 Å². The van der Waals surface area contributed by atoms with Gasteiger partial charge in [-0.15, -0.1) is 0 Å². The summed E-state index contributed by atoms with van der Waals surface area (Å²) < 4.78 is 25.5. The quantitative estimate of drug-likeness (QED) is 0.811. The second-order valence-electron chi connectivity index (χ2n) is 3.98. The largest absolute Gasteiger partial charge is 0.265 e. The van der Waals surface area contributed by atoms with E-state index in [1.807, 2.05) is 6.92 Å². The summed E-state index contributed by atoms with van der Waals surface area (Å²) >= 11 is 0. The van der Waals surface area contributed by atoms with Gasteiger partial charge >= 0.3 is 0 Å². The zero-order valence-corrected chi connectivity index (χ0v) is 11.3. The molecule has 2 aromatic heterocycles. The Hall–Kier alpha value is -1.80. The van der Waals surface area contributed by atoms with E-state index in [2.05, 4.69) is 24.9 Å². The molecule has 0 amide bonds. The molecule has 19 heavy (non-hydrogen) atoms. The van der Waals surface area contributed by atoms with Gasteiger partial charge in [0.2, 0.25) is 10.0 Å². The van der Waals surface area contributed by atoms with E-state index in [1.165, 1.54) is 0 Å². The van der Waals surface area contributed by atoms with Gasteiger partial charge in [0.25, 0.3) is 0 Å². The number of rotatable bonds is 6. The monoisotopic (exact) mass is 281 g/mol. The predicted molar refractivity (Wildman–Crippen MR) is 70.5 cm³/mol. The molecule has 2 N–H and O–H groups in total. The van der Waals surface area contributed by atoms with Gasteiger partial charge in [-0.25, -0.2) is 18.1 Å². The Morgan fingerprint density at radius 1 is 1.32 bits per heavy atom. The maximum Gasteiger partial charge on any atom is 0.211 e. The number of aromatic nitrogens is 4. The summed E-state index contributed by atoms with van der Waals surface area (Å²) in [5.74, 6) is 1.11. The molecular weight excluding hydrogens is 266 g/mol. The first-order valence-electron chi connectivity index (χ1n) is 5.90. The minimum absolute atomic E-state index is 0.109. The minimum atomic E-state index is -3.23. The standard InChI is InChI=1S/C11H15N5O2S/c1-2-7-19(17,18)13-8-10-14-11(16-15-10)9-3-5-12-6-4-9/h3-6,13H,2,7-8H2,1H3,(H,14,15,16). The van der Waals surface area contributed by atoms with Gasteiger partial charge in [0.05, 0.1) is 12.3 Å².